The topological polar surface area (TPSA) is 151 Å². The van der Waals surface area contributed by atoms with Gasteiger partial charge in [0, 0.05) is 19.5 Å². The third-order valence-corrected chi connectivity index (χ3v) is 2.95. The van der Waals surface area contributed by atoms with E-state index in [-0.39, 0.29) is 13.0 Å². The van der Waals surface area contributed by atoms with E-state index in [0.717, 1.165) is 13.0 Å². The highest BCUT2D eigenvalue weighted by atomic mass is 16.5. The Morgan fingerprint density at radius 2 is 1.36 bits per heavy atom. The van der Waals surface area contributed by atoms with E-state index < -0.39 is 23.5 Å². The first-order valence-corrected chi connectivity index (χ1v) is 8.04. The van der Waals surface area contributed by atoms with Crippen LogP contribution in [0.1, 0.15) is 19.3 Å². The van der Waals surface area contributed by atoms with Crippen molar-refractivity contribution in [3.05, 3.63) is 0 Å². The Bertz CT molecular complexity index is 428. The summed E-state index contributed by atoms with van der Waals surface area (Å²) in [6.45, 7) is 3.03. The van der Waals surface area contributed by atoms with Crippen LogP contribution in [0, 0.1) is 0 Å². The van der Waals surface area contributed by atoms with Crippen LogP contribution in [0.5, 0.6) is 0 Å². The summed E-state index contributed by atoms with van der Waals surface area (Å²) in [5.74, 6) is -4.96. The van der Waals surface area contributed by atoms with E-state index in [1.807, 2.05) is 0 Å². The van der Waals surface area contributed by atoms with Crippen molar-refractivity contribution in [3.63, 3.8) is 0 Å². The number of hydrogen-bond donors (Lipinski definition) is 4. The number of Topliss-reactive ketones (excluding diaryl/α,β-unsaturated/α-hetero) is 2. The molecule has 0 aromatic carbocycles. The Labute approximate surface area is 145 Å². The first-order chi connectivity index (χ1) is 11.9. The molecule has 0 amide bonds. The summed E-state index contributed by atoms with van der Waals surface area (Å²) in [6, 6.07) is 0. The van der Waals surface area contributed by atoms with E-state index in [4.69, 9.17) is 19.7 Å². The summed E-state index contributed by atoms with van der Waals surface area (Å²) in [7, 11) is 0. The van der Waals surface area contributed by atoms with Crippen LogP contribution in [0.4, 0.5) is 0 Å². The summed E-state index contributed by atoms with van der Waals surface area (Å²) < 4.78 is 10.5. The molecular formula is C15H26N2O8. The third kappa shape index (κ3) is 15.4. The normalized spacial score (nSPS) is 10.6. The molecule has 0 aliphatic carbocycles. The summed E-state index contributed by atoms with van der Waals surface area (Å²) in [5.41, 5.74) is 0. The predicted molar refractivity (Wildman–Crippen MR) is 86.5 cm³/mol. The fourth-order valence-corrected chi connectivity index (χ4v) is 1.66. The predicted octanol–water partition coefficient (Wildman–Crippen LogP) is -1.32. The van der Waals surface area contributed by atoms with E-state index in [0.29, 0.717) is 45.9 Å². The van der Waals surface area contributed by atoms with Crippen molar-refractivity contribution in [1.82, 2.24) is 10.6 Å². The molecule has 25 heavy (non-hydrogen) atoms. The SMILES string of the molecule is O=C(O)CCCCNCCOCCOCCNCC(=O)C(=O)C(=O)O. The van der Waals surface area contributed by atoms with Gasteiger partial charge in [-0.2, -0.15) is 0 Å². The summed E-state index contributed by atoms with van der Waals surface area (Å²) in [4.78, 5) is 42.4. The molecule has 0 unspecified atom stereocenters. The number of carboxylic acid groups (broad SMARTS) is 2. The average molecular weight is 362 g/mol. The quantitative estimate of drug-likeness (QED) is 0.131. The minimum atomic E-state index is -1.75. The number of rotatable bonds is 18. The van der Waals surface area contributed by atoms with E-state index in [9.17, 15) is 19.2 Å². The smallest absolute Gasteiger partial charge is 0.380 e. The number of unbranched alkanes of at least 4 members (excludes halogenated alkanes) is 1. The van der Waals surface area contributed by atoms with Gasteiger partial charge < -0.3 is 30.3 Å². The molecule has 0 bridgehead atoms. The molecule has 0 aromatic heterocycles. The molecule has 0 aromatic rings. The number of ether oxygens (including phenoxy) is 2. The number of carboxylic acids is 2. The number of carbonyl (C=O) groups excluding carboxylic acids is 2. The lowest BCUT2D eigenvalue weighted by molar-refractivity contribution is -0.152. The van der Waals surface area contributed by atoms with Gasteiger partial charge >= 0.3 is 17.7 Å². The fraction of sp³-hybridized carbons (Fsp3) is 0.733. The van der Waals surface area contributed by atoms with Gasteiger partial charge in [-0.3, -0.25) is 14.4 Å². The van der Waals surface area contributed by atoms with Gasteiger partial charge in [0.05, 0.1) is 33.0 Å². The third-order valence-electron chi connectivity index (χ3n) is 2.95. The van der Waals surface area contributed by atoms with Crippen molar-refractivity contribution >= 4 is 23.5 Å². The number of nitrogens with one attached hydrogen (secondary N) is 2. The van der Waals surface area contributed by atoms with Gasteiger partial charge in [0.15, 0.2) is 0 Å². The van der Waals surface area contributed by atoms with Gasteiger partial charge in [0.2, 0.25) is 5.78 Å². The standard InChI is InChI=1S/C15H26N2O8/c18-12(14(21)15(22)23)11-17-6-8-25-10-9-24-7-5-16-4-2-1-3-13(19)20/h16-17H,1-11H2,(H,19,20)(H,22,23). The largest absolute Gasteiger partial charge is 0.481 e. The maximum Gasteiger partial charge on any atom is 0.380 e. The van der Waals surface area contributed by atoms with Gasteiger partial charge in [-0.15, -0.1) is 0 Å². The maximum atomic E-state index is 11.0. The number of aliphatic carboxylic acids is 2. The summed E-state index contributed by atoms with van der Waals surface area (Å²) >= 11 is 0. The highest BCUT2D eigenvalue weighted by Crippen LogP contribution is 1.92. The van der Waals surface area contributed by atoms with Gasteiger partial charge in [0.25, 0.3) is 0 Å². The first kappa shape index (κ1) is 23.1. The Morgan fingerprint density at radius 3 is 1.92 bits per heavy atom. The van der Waals surface area contributed by atoms with Crippen LogP contribution in [0.3, 0.4) is 0 Å². The van der Waals surface area contributed by atoms with Crippen molar-refractivity contribution in [2.24, 2.45) is 0 Å². The molecule has 10 nitrogen and oxygen atoms in total. The zero-order chi connectivity index (χ0) is 18.9. The average Bonchev–Trinajstić information content (AvgIpc) is 2.56. The van der Waals surface area contributed by atoms with Crippen LogP contribution in [0.2, 0.25) is 0 Å². The van der Waals surface area contributed by atoms with E-state index in [1.165, 1.54) is 0 Å². The molecule has 0 rings (SSSR count). The molecule has 0 heterocycles. The highest BCUT2D eigenvalue weighted by Gasteiger charge is 2.20. The molecule has 0 fully saturated rings. The highest BCUT2D eigenvalue weighted by molar-refractivity contribution is 6.62. The minimum absolute atomic E-state index is 0.189. The van der Waals surface area contributed by atoms with Crippen LogP contribution < -0.4 is 10.6 Å². The number of hydrogen-bond acceptors (Lipinski definition) is 8. The van der Waals surface area contributed by atoms with Crippen LogP contribution >= 0.6 is 0 Å². The molecule has 0 radical (unpaired) electrons. The summed E-state index contributed by atoms with van der Waals surface area (Å²) in [6.07, 6.45) is 1.65. The number of carbonyl (C=O) groups is 4. The molecular weight excluding hydrogens is 336 g/mol. The Hall–Kier alpha value is -1.88. The van der Waals surface area contributed by atoms with Crippen molar-refractivity contribution in [2.75, 3.05) is 52.6 Å². The second-order valence-corrected chi connectivity index (χ2v) is 5.06. The number of ketones is 2. The Morgan fingerprint density at radius 1 is 0.760 bits per heavy atom. The second-order valence-electron chi connectivity index (χ2n) is 5.06. The molecule has 4 N–H and O–H groups in total. The van der Waals surface area contributed by atoms with Crippen LogP contribution in [0.25, 0.3) is 0 Å². The van der Waals surface area contributed by atoms with Crippen LogP contribution in [-0.2, 0) is 28.7 Å². The molecule has 144 valence electrons. The zero-order valence-electron chi connectivity index (χ0n) is 14.1. The molecule has 0 aliphatic heterocycles. The Kier molecular flexibility index (Phi) is 14.5. The van der Waals surface area contributed by atoms with Crippen molar-refractivity contribution in [3.8, 4) is 0 Å². The molecule has 0 atom stereocenters. The molecule has 0 aliphatic rings. The van der Waals surface area contributed by atoms with E-state index >= 15 is 0 Å². The molecule has 10 heteroatoms. The van der Waals surface area contributed by atoms with Gasteiger partial charge in [0.1, 0.15) is 0 Å². The Balaban J connectivity index is 3.22. The fourth-order valence-electron chi connectivity index (χ4n) is 1.66. The minimum Gasteiger partial charge on any atom is -0.481 e. The van der Waals surface area contributed by atoms with Gasteiger partial charge in [-0.05, 0) is 19.4 Å². The lowest BCUT2D eigenvalue weighted by Crippen LogP contribution is -2.34. The van der Waals surface area contributed by atoms with Crippen molar-refractivity contribution < 1.29 is 38.9 Å². The van der Waals surface area contributed by atoms with Crippen LogP contribution in [-0.4, -0.2) is 86.3 Å². The first-order valence-electron chi connectivity index (χ1n) is 8.04. The lowest BCUT2D eigenvalue weighted by Gasteiger charge is -2.07. The van der Waals surface area contributed by atoms with Crippen molar-refractivity contribution in [1.29, 1.82) is 0 Å². The van der Waals surface area contributed by atoms with E-state index in [2.05, 4.69) is 10.6 Å². The molecule has 0 saturated carbocycles. The van der Waals surface area contributed by atoms with Gasteiger partial charge in [-0.1, -0.05) is 0 Å². The summed E-state index contributed by atoms with van der Waals surface area (Å²) in [5, 5.41) is 22.5. The second kappa shape index (κ2) is 15.6. The van der Waals surface area contributed by atoms with Crippen LogP contribution in [0.15, 0.2) is 0 Å². The zero-order valence-corrected chi connectivity index (χ0v) is 14.1. The lowest BCUT2D eigenvalue weighted by atomic mass is 10.2. The monoisotopic (exact) mass is 362 g/mol. The molecule has 0 spiro atoms. The van der Waals surface area contributed by atoms with Crippen molar-refractivity contribution in [2.45, 2.75) is 19.3 Å². The van der Waals surface area contributed by atoms with Gasteiger partial charge in [-0.25, -0.2) is 4.79 Å². The molecule has 0 saturated heterocycles. The maximum absolute atomic E-state index is 11.0. The van der Waals surface area contributed by atoms with E-state index in [1.54, 1.807) is 0 Å².